The summed E-state index contributed by atoms with van der Waals surface area (Å²) in [4.78, 5) is 14.1. The molecule has 0 unspecified atom stereocenters. The average Bonchev–Trinajstić information content (AvgIpc) is 3.34. The van der Waals surface area contributed by atoms with Crippen molar-refractivity contribution in [3.8, 4) is 0 Å². The van der Waals surface area contributed by atoms with E-state index in [9.17, 15) is 4.79 Å². The summed E-state index contributed by atoms with van der Waals surface area (Å²) in [5.41, 5.74) is 5.05. The summed E-state index contributed by atoms with van der Waals surface area (Å²) < 4.78 is 6.73. The van der Waals surface area contributed by atoms with Gasteiger partial charge in [-0.25, -0.2) is 0 Å². The Kier molecular flexibility index (Phi) is 3.68. The first-order chi connectivity index (χ1) is 11.6. The number of esters is 1. The lowest BCUT2D eigenvalue weighted by Crippen LogP contribution is -2.29. The normalized spacial score (nSPS) is 18.9. The zero-order chi connectivity index (χ0) is 16.7. The largest absolute Gasteiger partial charge is 0.468 e. The van der Waals surface area contributed by atoms with Gasteiger partial charge in [0.2, 0.25) is 0 Å². The summed E-state index contributed by atoms with van der Waals surface area (Å²) in [5, 5.41) is 4.91. The molecule has 126 valence electrons. The molecule has 2 heterocycles. The second-order valence-electron chi connectivity index (χ2n) is 6.94. The van der Waals surface area contributed by atoms with Gasteiger partial charge in [-0.1, -0.05) is 30.3 Å². The molecule has 1 fully saturated rings. The summed E-state index contributed by atoms with van der Waals surface area (Å²) >= 11 is 0. The topological polar surface area (TPSA) is 47.4 Å². The number of carbonyl (C=O) groups is 1. The van der Waals surface area contributed by atoms with Gasteiger partial charge in [-0.2, -0.15) is 5.10 Å². The second-order valence-corrected chi connectivity index (χ2v) is 6.94. The van der Waals surface area contributed by atoms with Gasteiger partial charge >= 0.3 is 5.97 Å². The molecule has 0 amide bonds. The highest BCUT2D eigenvalue weighted by Gasteiger charge is 2.50. The summed E-state index contributed by atoms with van der Waals surface area (Å²) in [6.07, 6.45) is 3.19. The van der Waals surface area contributed by atoms with E-state index in [-0.39, 0.29) is 17.9 Å². The van der Waals surface area contributed by atoms with E-state index in [1.54, 1.807) is 0 Å². The Hall–Kier alpha value is -2.14. The van der Waals surface area contributed by atoms with Crippen molar-refractivity contribution >= 4 is 5.97 Å². The Morgan fingerprint density at radius 3 is 2.71 bits per heavy atom. The third kappa shape index (κ3) is 2.44. The minimum Gasteiger partial charge on any atom is -0.468 e. The molecule has 5 heteroatoms. The number of fused-ring (bicyclic) bond motifs is 1. The van der Waals surface area contributed by atoms with Gasteiger partial charge in [-0.05, 0) is 25.5 Å². The lowest BCUT2D eigenvalue weighted by atomic mass is 9.88. The molecule has 1 aliphatic carbocycles. The third-order valence-corrected chi connectivity index (χ3v) is 5.36. The van der Waals surface area contributed by atoms with Crippen LogP contribution in [0.2, 0.25) is 0 Å². The lowest BCUT2D eigenvalue weighted by molar-refractivity contribution is -0.141. The quantitative estimate of drug-likeness (QED) is 0.808. The van der Waals surface area contributed by atoms with Gasteiger partial charge in [-0.15, -0.1) is 0 Å². The van der Waals surface area contributed by atoms with Crippen LogP contribution in [0, 0.1) is 0 Å². The van der Waals surface area contributed by atoms with E-state index in [2.05, 4.69) is 42.3 Å². The highest BCUT2D eigenvalue weighted by Crippen LogP contribution is 2.54. The molecule has 0 radical (unpaired) electrons. The van der Waals surface area contributed by atoms with Crippen LogP contribution in [-0.2, 0) is 34.5 Å². The Morgan fingerprint density at radius 2 is 2.04 bits per heavy atom. The number of carbonyl (C=O) groups excluding carboxylic acids is 1. The molecular weight excluding hydrogens is 302 g/mol. The molecule has 1 aromatic heterocycles. The number of ether oxygens (including phenoxy) is 1. The number of aromatic nitrogens is 2. The van der Waals surface area contributed by atoms with E-state index in [4.69, 9.17) is 9.84 Å². The summed E-state index contributed by atoms with van der Waals surface area (Å²) in [6, 6.07) is 10.6. The van der Waals surface area contributed by atoms with E-state index in [0.717, 1.165) is 32.4 Å². The molecule has 0 N–H and O–H groups in total. The number of hydrogen-bond acceptors (Lipinski definition) is 4. The summed E-state index contributed by atoms with van der Waals surface area (Å²) in [5.74, 6) is -0.240. The van der Waals surface area contributed by atoms with E-state index < -0.39 is 0 Å². The van der Waals surface area contributed by atoms with Gasteiger partial charge in [0, 0.05) is 36.2 Å². The van der Waals surface area contributed by atoms with E-state index in [1.807, 2.05) is 4.68 Å². The van der Waals surface area contributed by atoms with Gasteiger partial charge in [0.1, 0.15) is 6.54 Å². The van der Waals surface area contributed by atoms with Crippen LogP contribution in [0.5, 0.6) is 0 Å². The minimum absolute atomic E-state index is 0.0326. The maximum Gasteiger partial charge on any atom is 0.327 e. The fraction of sp³-hybridized carbons (Fsp3) is 0.474. The van der Waals surface area contributed by atoms with Crippen LogP contribution in [0.4, 0.5) is 0 Å². The molecular formula is C19H23N3O2. The smallest absolute Gasteiger partial charge is 0.327 e. The number of methoxy groups -OCH3 is 1. The highest BCUT2D eigenvalue weighted by molar-refractivity contribution is 5.69. The van der Waals surface area contributed by atoms with Crippen molar-refractivity contribution in [2.24, 2.45) is 0 Å². The third-order valence-electron chi connectivity index (χ3n) is 5.36. The number of likely N-dealkylation sites (N-methyl/N-ethyl adjacent to an activating group) is 1. The molecule has 1 aromatic carbocycles. The first kappa shape index (κ1) is 15.4. The van der Waals surface area contributed by atoms with Crippen molar-refractivity contribution in [1.82, 2.24) is 14.7 Å². The number of benzene rings is 1. The lowest BCUT2D eigenvalue weighted by Gasteiger charge is -2.25. The van der Waals surface area contributed by atoms with Crippen LogP contribution < -0.4 is 0 Å². The fourth-order valence-corrected chi connectivity index (χ4v) is 3.87. The van der Waals surface area contributed by atoms with Gasteiger partial charge in [0.05, 0.1) is 12.8 Å². The number of nitrogens with zero attached hydrogens (tertiary/aromatic N) is 3. The Morgan fingerprint density at radius 1 is 1.29 bits per heavy atom. The van der Waals surface area contributed by atoms with Crippen LogP contribution in [-0.4, -0.2) is 41.4 Å². The average molecular weight is 325 g/mol. The van der Waals surface area contributed by atoms with Gasteiger partial charge < -0.3 is 9.64 Å². The van der Waals surface area contributed by atoms with Crippen molar-refractivity contribution in [3.05, 3.63) is 52.8 Å². The second kappa shape index (κ2) is 5.74. The van der Waals surface area contributed by atoms with Crippen molar-refractivity contribution < 1.29 is 9.53 Å². The Bertz CT molecular complexity index is 762. The molecule has 0 bridgehead atoms. The molecule has 0 saturated heterocycles. The molecule has 1 saturated carbocycles. The predicted octanol–water partition coefficient (Wildman–Crippen LogP) is 2.12. The molecule has 2 aromatic rings. The molecule has 2 aliphatic rings. The van der Waals surface area contributed by atoms with Gasteiger partial charge in [-0.3, -0.25) is 9.48 Å². The summed E-state index contributed by atoms with van der Waals surface area (Å²) in [7, 11) is 3.58. The van der Waals surface area contributed by atoms with Crippen LogP contribution in [0.1, 0.15) is 35.4 Å². The van der Waals surface area contributed by atoms with Crippen LogP contribution in [0.15, 0.2) is 30.3 Å². The van der Waals surface area contributed by atoms with Gasteiger partial charge in [0.25, 0.3) is 0 Å². The zero-order valence-corrected chi connectivity index (χ0v) is 14.3. The molecule has 5 nitrogen and oxygen atoms in total. The molecule has 4 rings (SSSR count). The van der Waals surface area contributed by atoms with Crippen molar-refractivity contribution in [2.45, 2.75) is 37.8 Å². The summed E-state index contributed by atoms with van der Waals surface area (Å²) in [6.45, 7) is 2.10. The number of hydrogen-bond donors (Lipinski definition) is 0. The first-order valence-corrected chi connectivity index (χ1v) is 8.54. The maximum absolute atomic E-state index is 11.8. The molecule has 1 aliphatic heterocycles. The Balaban J connectivity index is 1.80. The predicted molar refractivity (Wildman–Crippen MR) is 90.7 cm³/mol. The number of rotatable bonds is 4. The minimum atomic E-state index is -0.240. The van der Waals surface area contributed by atoms with Crippen molar-refractivity contribution in [2.75, 3.05) is 20.7 Å². The molecule has 24 heavy (non-hydrogen) atoms. The highest BCUT2D eigenvalue weighted by atomic mass is 16.5. The Labute approximate surface area is 142 Å². The first-order valence-electron chi connectivity index (χ1n) is 8.54. The van der Waals surface area contributed by atoms with Crippen LogP contribution in [0.3, 0.4) is 0 Å². The molecule has 0 atom stereocenters. The van der Waals surface area contributed by atoms with E-state index >= 15 is 0 Å². The SMILES string of the molecule is COC(=O)Cn1nc(C2(c3ccccc3)CC2)c2c1CCN(C)C2. The van der Waals surface area contributed by atoms with Crippen molar-refractivity contribution in [1.29, 1.82) is 0 Å². The van der Waals surface area contributed by atoms with Crippen LogP contribution in [0.25, 0.3) is 0 Å². The van der Waals surface area contributed by atoms with E-state index in [1.165, 1.54) is 29.6 Å². The van der Waals surface area contributed by atoms with E-state index in [0.29, 0.717) is 0 Å². The van der Waals surface area contributed by atoms with Crippen molar-refractivity contribution in [3.63, 3.8) is 0 Å². The van der Waals surface area contributed by atoms with Gasteiger partial charge in [0.15, 0.2) is 0 Å². The fourth-order valence-electron chi connectivity index (χ4n) is 3.87. The maximum atomic E-state index is 11.8. The standard InChI is InChI=1S/C19H23N3O2/c1-21-11-8-16-15(12-21)18(20-22(16)13-17(23)24-2)19(9-10-19)14-6-4-3-5-7-14/h3-7H,8-13H2,1-2H3. The van der Waals surface area contributed by atoms with Crippen LogP contribution >= 0.6 is 0 Å². The molecule has 0 spiro atoms. The monoisotopic (exact) mass is 325 g/mol. The zero-order valence-electron chi connectivity index (χ0n) is 14.3.